The minimum Gasteiger partial charge on any atom is -0.481 e. The quantitative estimate of drug-likeness (QED) is 0.823. The van der Waals surface area contributed by atoms with Crippen LogP contribution in [-0.2, 0) is 14.8 Å². The molecule has 19 heavy (non-hydrogen) atoms. The van der Waals surface area contributed by atoms with Crippen LogP contribution in [0.5, 0.6) is 0 Å². The maximum atomic E-state index is 12.0. The summed E-state index contributed by atoms with van der Waals surface area (Å²) in [6.07, 6.45) is 0. The molecule has 0 saturated carbocycles. The number of carboxylic acids is 1. The molecule has 0 aliphatic carbocycles. The van der Waals surface area contributed by atoms with Crippen LogP contribution in [-0.4, -0.2) is 26.0 Å². The number of sulfonamides is 1. The van der Waals surface area contributed by atoms with Crippen LogP contribution in [0.1, 0.15) is 13.8 Å². The number of benzene rings is 1. The molecule has 0 heterocycles. The van der Waals surface area contributed by atoms with E-state index in [0.29, 0.717) is 4.47 Å². The van der Waals surface area contributed by atoms with Gasteiger partial charge in [0, 0.05) is 11.0 Å². The predicted molar refractivity (Wildman–Crippen MR) is 75.3 cm³/mol. The van der Waals surface area contributed by atoms with Gasteiger partial charge in [0.05, 0.1) is 10.8 Å². The van der Waals surface area contributed by atoms with E-state index >= 15 is 0 Å². The van der Waals surface area contributed by atoms with Gasteiger partial charge < -0.3 is 5.11 Å². The van der Waals surface area contributed by atoms with Gasteiger partial charge in [0.1, 0.15) is 0 Å². The van der Waals surface area contributed by atoms with Crippen LogP contribution in [0, 0.1) is 11.8 Å². The summed E-state index contributed by atoms with van der Waals surface area (Å²) < 4.78 is 27.0. The van der Waals surface area contributed by atoms with E-state index < -0.39 is 21.9 Å². The SMILES string of the molecule is CC(C)C(CNS(=O)(=O)c1cccc(Br)c1)C(=O)O. The number of nitrogens with one attached hydrogen (secondary N) is 1. The lowest BCUT2D eigenvalue weighted by molar-refractivity contribution is -0.142. The average Bonchev–Trinajstić information content (AvgIpc) is 2.28. The van der Waals surface area contributed by atoms with Crippen molar-refractivity contribution in [3.63, 3.8) is 0 Å². The predicted octanol–water partition coefficient (Wildman–Crippen LogP) is 2.08. The van der Waals surface area contributed by atoms with E-state index in [2.05, 4.69) is 20.7 Å². The Morgan fingerprint density at radius 3 is 2.53 bits per heavy atom. The molecule has 7 heteroatoms. The van der Waals surface area contributed by atoms with E-state index in [0.717, 1.165) is 0 Å². The second-order valence-corrected chi connectivity index (χ2v) is 7.18. The third-order valence-electron chi connectivity index (χ3n) is 2.72. The molecule has 1 aromatic rings. The minimum absolute atomic E-state index is 0.106. The topological polar surface area (TPSA) is 83.5 Å². The van der Waals surface area contributed by atoms with Gasteiger partial charge in [-0.05, 0) is 24.1 Å². The smallest absolute Gasteiger partial charge is 0.308 e. The Labute approximate surface area is 121 Å². The second-order valence-electron chi connectivity index (χ2n) is 4.50. The molecule has 0 bridgehead atoms. The summed E-state index contributed by atoms with van der Waals surface area (Å²) in [5, 5.41) is 9.01. The summed E-state index contributed by atoms with van der Waals surface area (Å²) in [6.45, 7) is 3.36. The molecule has 0 saturated heterocycles. The van der Waals surface area contributed by atoms with Crippen LogP contribution in [0.2, 0.25) is 0 Å². The van der Waals surface area contributed by atoms with E-state index in [1.807, 2.05) is 0 Å². The summed E-state index contributed by atoms with van der Waals surface area (Å²) in [5.74, 6) is -1.91. The van der Waals surface area contributed by atoms with Crippen molar-refractivity contribution in [1.29, 1.82) is 0 Å². The summed E-state index contributed by atoms with van der Waals surface area (Å²) in [5.41, 5.74) is 0. The first kappa shape index (κ1) is 16.1. The van der Waals surface area contributed by atoms with Crippen LogP contribution < -0.4 is 4.72 Å². The maximum Gasteiger partial charge on any atom is 0.308 e. The molecule has 0 spiro atoms. The second kappa shape index (κ2) is 6.49. The molecule has 1 aromatic carbocycles. The van der Waals surface area contributed by atoms with Gasteiger partial charge in [-0.15, -0.1) is 0 Å². The van der Waals surface area contributed by atoms with Gasteiger partial charge in [-0.3, -0.25) is 4.79 Å². The van der Waals surface area contributed by atoms with Crippen molar-refractivity contribution in [2.24, 2.45) is 11.8 Å². The first-order chi connectivity index (χ1) is 8.74. The van der Waals surface area contributed by atoms with Gasteiger partial charge in [-0.2, -0.15) is 0 Å². The fraction of sp³-hybridized carbons (Fsp3) is 0.417. The Hall–Kier alpha value is -0.920. The van der Waals surface area contributed by atoms with E-state index in [-0.39, 0.29) is 17.4 Å². The number of hydrogen-bond acceptors (Lipinski definition) is 3. The Bertz CT molecular complexity index is 557. The Kier molecular flexibility index (Phi) is 5.51. The number of rotatable bonds is 6. The fourth-order valence-electron chi connectivity index (χ4n) is 1.53. The number of aliphatic carboxylic acids is 1. The van der Waals surface area contributed by atoms with Crippen LogP contribution in [0.25, 0.3) is 0 Å². The van der Waals surface area contributed by atoms with Crippen molar-refractivity contribution < 1.29 is 18.3 Å². The molecule has 0 radical (unpaired) electrons. The lowest BCUT2D eigenvalue weighted by atomic mass is 9.97. The molecule has 1 rings (SSSR count). The third kappa shape index (κ3) is 4.59. The minimum atomic E-state index is -3.69. The number of hydrogen-bond donors (Lipinski definition) is 2. The Balaban J connectivity index is 2.84. The van der Waals surface area contributed by atoms with Crippen LogP contribution in [0.15, 0.2) is 33.6 Å². The van der Waals surface area contributed by atoms with Crippen molar-refractivity contribution in [2.45, 2.75) is 18.7 Å². The summed E-state index contributed by atoms with van der Waals surface area (Å²) in [6, 6.07) is 6.24. The third-order valence-corrected chi connectivity index (χ3v) is 4.64. The summed E-state index contributed by atoms with van der Waals surface area (Å²) >= 11 is 3.19. The van der Waals surface area contributed by atoms with Gasteiger partial charge in [0.2, 0.25) is 10.0 Å². The summed E-state index contributed by atoms with van der Waals surface area (Å²) in [7, 11) is -3.69. The molecular formula is C12H16BrNO4S. The molecule has 0 fully saturated rings. The van der Waals surface area contributed by atoms with E-state index in [4.69, 9.17) is 5.11 Å². The van der Waals surface area contributed by atoms with Crippen LogP contribution >= 0.6 is 15.9 Å². The van der Waals surface area contributed by atoms with E-state index in [1.54, 1.807) is 26.0 Å². The molecule has 1 atom stereocenters. The van der Waals surface area contributed by atoms with Crippen molar-refractivity contribution >= 4 is 31.9 Å². The molecule has 2 N–H and O–H groups in total. The molecule has 5 nitrogen and oxygen atoms in total. The Morgan fingerprint density at radius 1 is 1.42 bits per heavy atom. The van der Waals surface area contributed by atoms with Crippen molar-refractivity contribution in [2.75, 3.05) is 6.54 Å². The molecule has 106 valence electrons. The van der Waals surface area contributed by atoms with E-state index in [9.17, 15) is 13.2 Å². The molecule has 0 aliphatic rings. The maximum absolute atomic E-state index is 12.0. The zero-order valence-corrected chi connectivity index (χ0v) is 13.0. The highest BCUT2D eigenvalue weighted by Crippen LogP contribution is 2.17. The highest BCUT2D eigenvalue weighted by atomic mass is 79.9. The Morgan fingerprint density at radius 2 is 2.05 bits per heavy atom. The standard InChI is InChI=1S/C12H16BrNO4S/c1-8(2)11(12(15)16)7-14-19(17,18)10-5-3-4-9(13)6-10/h3-6,8,11,14H,7H2,1-2H3,(H,15,16). The molecule has 0 aliphatic heterocycles. The van der Waals surface area contributed by atoms with Gasteiger partial charge in [-0.25, -0.2) is 13.1 Å². The van der Waals surface area contributed by atoms with Crippen molar-refractivity contribution in [3.05, 3.63) is 28.7 Å². The number of carbonyl (C=O) groups is 1. The van der Waals surface area contributed by atoms with Crippen molar-refractivity contribution in [1.82, 2.24) is 4.72 Å². The molecule has 1 unspecified atom stereocenters. The van der Waals surface area contributed by atoms with Gasteiger partial charge >= 0.3 is 5.97 Å². The normalized spacial score (nSPS) is 13.5. The average molecular weight is 350 g/mol. The largest absolute Gasteiger partial charge is 0.481 e. The highest BCUT2D eigenvalue weighted by Gasteiger charge is 2.24. The number of halogens is 1. The lowest BCUT2D eigenvalue weighted by Gasteiger charge is -2.16. The van der Waals surface area contributed by atoms with Gasteiger partial charge in [0.15, 0.2) is 0 Å². The molecule has 0 aromatic heterocycles. The first-order valence-corrected chi connectivity index (χ1v) is 7.99. The van der Waals surface area contributed by atoms with E-state index in [1.165, 1.54) is 12.1 Å². The first-order valence-electron chi connectivity index (χ1n) is 5.72. The molecular weight excluding hydrogens is 334 g/mol. The van der Waals surface area contributed by atoms with Gasteiger partial charge in [0.25, 0.3) is 0 Å². The van der Waals surface area contributed by atoms with Gasteiger partial charge in [-0.1, -0.05) is 35.8 Å². The number of carboxylic acid groups (broad SMARTS) is 1. The zero-order valence-electron chi connectivity index (χ0n) is 10.6. The molecule has 0 amide bonds. The van der Waals surface area contributed by atoms with Crippen LogP contribution in [0.4, 0.5) is 0 Å². The fourth-order valence-corrected chi connectivity index (χ4v) is 3.18. The monoisotopic (exact) mass is 349 g/mol. The highest BCUT2D eigenvalue weighted by molar-refractivity contribution is 9.10. The van der Waals surface area contributed by atoms with Crippen LogP contribution in [0.3, 0.4) is 0 Å². The van der Waals surface area contributed by atoms with Crippen molar-refractivity contribution in [3.8, 4) is 0 Å². The summed E-state index contributed by atoms with van der Waals surface area (Å²) in [4.78, 5) is 11.1. The lowest BCUT2D eigenvalue weighted by Crippen LogP contribution is -2.35. The zero-order chi connectivity index (χ0) is 14.6.